The van der Waals surface area contributed by atoms with Gasteiger partial charge < -0.3 is 10.2 Å². The molecule has 2 rings (SSSR count). The van der Waals surface area contributed by atoms with Crippen molar-refractivity contribution in [2.45, 2.75) is 38.5 Å². The van der Waals surface area contributed by atoms with Gasteiger partial charge in [-0.25, -0.2) is 8.42 Å². The van der Waals surface area contributed by atoms with Crippen molar-refractivity contribution in [3.05, 3.63) is 35.4 Å². The van der Waals surface area contributed by atoms with Crippen LogP contribution in [0.25, 0.3) is 0 Å². The van der Waals surface area contributed by atoms with Gasteiger partial charge in [-0.05, 0) is 30.5 Å². The fourth-order valence-electron chi connectivity index (χ4n) is 2.93. The third kappa shape index (κ3) is 5.85. The summed E-state index contributed by atoms with van der Waals surface area (Å²) in [5.74, 6) is -0.0422. The van der Waals surface area contributed by atoms with Crippen LogP contribution in [0, 0.1) is 5.92 Å². The van der Waals surface area contributed by atoms with Crippen LogP contribution in [-0.2, 0) is 20.4 Å². The van der Waals surface area contributed by atoms with Gasteiger partial charge in [-0.15, -0.1) is 0 Å². The highest BCUT2D eigenvalue weighted by Gasteiger charge is 2.25. The average molecular weight is 366 g/mol. The van der Waals surface area contributed by atoms with Gasteiger partial charge in [0.15, 0.2) is 9.84 Å². The van der Waals surface area contributed by atoms with Crippen LogP contribution in [0.1, 0.15) is 42.6 Å². The van der Waals surface area contributed by atoms with Crippen molar-refractivity contribution in [3.63, 3.8) is 0 Å². The number of hydrogen-bond acceptors (Lipinski definition) is 4. The quantitative estimate of drug-likeness (QED) is 0.858. The Morgan fingerprint density at radius 2 is 1.72 bits per heavy atom. The van der Waals surface area contributed by atoms with Crippen LogP contribution in [-0.4, -0.2) is 50.5 Å². The molecule has 1 fully saturated rings. The van der Waals surface area contributed by atoms with E-state index in [0.29, 0.717) is 24.2 Å². The zero-order valence-electron chi connectivity index (χ0n) is 15.0. The molecule has 1 aromatic rings. The lowest BCUT2D eigenvalue weighted by atomic mass is 10.0. The number of sulfone groups is 1. The Labute approximate surface area is 149 Å². The Bertz CT molecular complexity index is 718. The minimum atomic E-state index is -3.08. The van der Waals surface area contributed by atoms with E-state index in [2.05, 4.69) is 5.32 Å². The molecule has 1 saturated heterocycles. The van der Waals surface area contributed by atoms with Gasteiger partial charge in [0, 0.05) is 36.9 Å². The maximum absolute atomic E-state index is 12.3. The smallest absolute Gasteiger partial charge is 0.251 e. The first-order valence-corrected chi connectivity index (χ1v) is 10.6. The topological polar surface area (TPSA) is 83.6 Å². The van der Waals surface area contributed by atoms with Gasteiger partial charge in [-0.2, -0.15) is 0 Å². The van der Waals surface area contributed by atoms with E-state index in [4.69, 9.17) is 0 Å². The first-order valence-electron chi connectivity index (χ1n) is 8.52. The Hall–Kier alpha value is -1.89. The van der Waals surface area contributed by atoms with E-state index < -0.39 is 9.84 Å². The maximum atomic E-state index is 12.3. The molecule has 1 heterocycles. The van der Waals surface area contributed by atoms with Crippen LogP contribution in [0.15, 0.2) is 24.3 Å². The van der Waals surface area contributed by atoms with E-state index in [1.165, 1.54) is 6.26 Å². The first kappa shape index (κ1) is 19.4. The summed E-state index contributed by atoms with van der Waals surface area (Å²) in [5.41, 5.74) is 1.18. The van der Waals surface area contributed by atoms with Gasteiger partial charge in [0.2, 0.25) is 5.91 Å². The lowest BCUT2D eigenvalue weighted by molar-refractivity contribution is -0.135. The highest BCUT2D eigenvalue weighted by molar-refractivity contribution is 7.89. The molecule has 0 spiro atoms. The molecule has 138 valence electrons. The third-order valence-electron chi connectivity index (χ3n) is 4.28. The molecule has 0 unspecified atom stereocenters. The minimum Gasteiger partial charge on any atom is -0.349 e. The SMILES string of the molecule is CC(C)C(=O)N1CCC(NC(=O)c2ccc(CS(C)(=O)=O)cc2)CC1. The second-order valence-corrected chi connectivity index (χ2v) is 9.13. The summed E-state index contributed by atoms with van der Waals surface area (Å²) in [6.45, 7) is 5.11. The summed E-state index contributed by atoms with van der Waals surface area (Å²) in [4.78, 5) is 26.2. The van der Waals surface area contributed by atoms with Crippen molar-refractivity contribution in [3.8, 4) is 0 Å². The molecule has 0 saturated carbocycles. The number of benzene rings is 1. The molecule has 0 bridgehead atoms. The van der Waals surface area contributed by atoms with E-state index in [1.807, 2.05) is 18.7 Å². The van der Waals surface area contributed by atoms with Gasteiger partial charge in [-0.3, -0.25) is 9.59 Å². The number of rotatable bonds is 5. The minimum absolute atomic E-state index is 0.00316. The predicted molar refractivity (Wildman–Crippen MR) is 96.9 cm³/mol. The number of carbonyl (C=O) groups is 2. The van der Waals surface area contributed by atoms with Crippen molar-refractivity contribution >= 4 is 21.7 Å². The lowest BCUT2D eigenvalue weighted by Crippen LogP contribution is -2.47. The van der Waals surface area contributed by atoms with Crippen molar-refractivity contribution in [2.75, 3.05) is 19.3 Å². The monoisotopic (exact) mass is 366 g/mol. The molecule has 1 aromatic carbocycles. The Kier molecular flexibility index (Phi) is 6.21. The van der Waals surface area contributed by atoms with Crippen LogP contribution < -0.4 is 5.32 Å². The fraction of sp³-hybridized carbons (Fsp3) is 0.556. The number of nitrogens with one attached hydrogen (secondary N) is 1. The van der Waals surface area contributed by atoms with E-state index in [9.17, 15) is 18.0 Å². The summed E-state index contributed by atoms with van der Waals surface area (Å²) in [6.07, 6.45) is 2.68. The number of carbonyl (C=O) groups excluding carboxylic acids is 2. The third-order valence-corrected chi connectivity index (χ3v) is 5.14. The molecule has 1 N–H and O–H groups in total. The molecule has 0 atom stereocenters. The van der Waals surface area contributed by atoms with Crippen LogP contribution in [0.4, 0.5) is 0 Å². The van der Waals surface area contributed by atoms with Crippen LogP contribution in [0.2, 0.25) is 0 Å². The first-order chi connectivity index (χ1) is 11.7. The van der Waals surface area contributed by atoms with Gasteiger partial charge >= 0.3 is 0 Å². The second-order valence-electron chi connectivity index (χ2n) is 6.99. The lowest BCUT2D eigenvalue weighted by Gasteiger charge is -2.33. The molecule has 1 aliphatic rings. The van der Waals surface area contributed by atoms with E-state index in [1.54, 1.807) is 24.3 Å². The van der Waals surface area contributed by atoms with Crippen LogP contribution >= 0.6 is 0 Å². The normalized spacial score (nSPS) is 16.1. The maximum Gasteiger partial charge on any atom is 0.251 e. The van der Waals surface area contributed by atoms with Crippen molar-refractivity contribution in [1.29, 1.82) is 0 Å². The van der Waals surface area contributed by atoms with E-state index >= 15 is 0 Å². The van der Waals surface area contributed by atoms with Gasteiger partial charge in [0.05, 0.1) is 5.75 Å². The zero-order valence-corrected chi connectivity index (χ0v) is 15.8. The molecule has 0 aliphatic carbocycles. The van der Waals surface area contributed by atoms with Gasteiger partial charge in [-0.1, -0.05) is 26.0 Å². The molecule has 1 aliphatic heterocycles. The fourth-order valence-corrected chi connectivity index (χ4v) is 3.73. The highest BCUT2D eigenvalue weighted by Crippen LogP contribution is 2.14. The van der Waals surface area contributed by atoms with Crippen molar-refractivity contribution in [1.82, 2.24) is 10.2 Å². The number of piperidine rings is 1. The summed E-state index contributed by atoms with van der Waals surface area (Å²) < 4.78 is 22.6. The number of hydrogen-bond donors (Lipinski definition) is 1. The molecule has 2 amide bonds. The number of likely N-dealkylation sites (tertiary alicyclic amines) is 1. The summed E-state index contributed by atoms with van der Waals surface area (Å²) in [5, 5.41) is 3.00. The molecule has 25 heavy (non-hydrogen) atoms. The average Bonchev–Trinajstić information content (AvgIpc) is 2.54. The van der Waals surface area contributed by atoms with Gasteiger partial charge in [0.25, 0.3) is 5.91 Å². The zero-order chi connectivity index (χ0) is 18.6. The molecular weight excluding hydrogens is 340 g/mol. The van der Waals surface area contributed by atoms with E-state index in [-0.39, 0.29) is 29.5 Å². The number of nitrogens with zero attached hydrogens (tertiary/aromatic N) is 1. The standard InChI is InChI=1S/C18H26N2O4S/c1-13(2)18(22)20-10-8-16(9-11-20)19-17(21)15-6-4-14(5-7-15)12-25(3,23)24/h4-7,13,16H,8-12H2,1-3H3,(H,19,21). The van der Waals surface area contributed by atoms with Crippen molar-refractivity contribution in [2.24, 2.45) is 5.92 Å². The Morgan fingerprint density at radius 3 is 2.20 bits per heavy atom. The second kappa shape index (κ2) is 7.99. The molecular formula is C18H26N2O4S. The Balaban J connectivity index is 1.87. The number of amides is 2. The van der Waals surface area contributed by atoms with E-state index in [0.717, 1.165) is 12.8 Å². The van der Waals surface area contributed by atoms with Gasteiger partial charge in [0.1, 0.15) is 0 Å². The molecule has 6 nitrogen and oxygen atoms in total. The molecule has 0 aromatic heterocycles. The van der Waals surface area contributed by atoms with Crippen molar-refractivity contribution < 1.29 is 18.0 Å². The Morgan fingerprint density at radius 1 is 1.16 bits per heavy atom. The highest BCUT2D eigenvalue weighted by atomic mass is 32.2. The largest absolute Gasteiger partial charge is 0.349 e. The summed E-state index contributed by atoms with van der Waals surface area (Å²) in [6, 6.07) is 6.68. The molecule has 7 heteroatoms. The summed E-state index contributed by atoms with van der Waals surface area (Å²) >= 11 is 0. The molecule has 0 radical (unpaired) electrons. The predicted octanol–water partition coefficient (Wildman–Crippen LogP) is 1.61. The van der Waals surface area contributed by atoms with Crippen LogP contribution in [0.5, 0.6) is 0 Å². The van der Waals surface area contributed by atoms with Crippen LogP contribution in [0.3, 0.4) is 0 Å². The summed E-state index contributed by atoms with van der Waals surface area (Å²) in [7, 11) is -3.08.